The SMILES string of the molecule is CCN(C)CCOc1ccc2c(c1)CN(C(=O)c1cc(C(=N)CC3CCCCC3)c(N)cc1O)C2. The van der Waals surface area contributed by atoms with Crippen LogP contribution in [0.3, 0.4) is 0 Å². The van der Waals surface area contributed by atoms with Gasteiger partial charge in [0.25, 0.3) is 5.91 Å². The smallest absolute Gasteiger partial charge is 0.258 e. The van der Waals surface area contributed by atoms with Crippen molar-refractivity contribution >= 4 is 17.3 Å². The second kappa shape index (κ2) is 11.1. The number of hydrogen-bond donors (Lipinski definition) is 3. The van der Waals surface area contributed by atoms with E-state index in [0.29, 0.717) is 49.0 Å². The molecule has 7 nitrogen and oxygen atoms in total. The zero-order valence-corrected chi connectivity index (χ0v) is 21.0. The molecule has 0 bridgehead atoms. The first-order valence-corrected chi connectivity index (χ1v) is 12.8. The van der Waals surface area contributed by atoms with Crippen molar-refractivity contribution < 1.29 is 14.6 Å². The maximum atomic E-state index is 13.4. The summed E-state index contributed by atoms with van der Waals surface area (Å²) >= 11 is 0. The lowest BCUT2D eigenvalue weighted by Crippen LogP contribution is -2.26. The van der Waals surface area contributed by atoms with Crippen molar-refractivity contribution in [2.45, 2.75) is 58.5 Å². The van der Waals surface area contributed by atoms with E-state index in [1.807, 2.05) is 18.2 Å². The van der Waals surface area contributed by atoms with Gasteiger partial charge in [-0.3, -0.25) is 4.79 Å². The molecule has 1 heterocycles. The molecule has 1 amide bonds. The van der Waals surface area contributed by atoms with Gasteiger partial charge in [0.15, 0.2) is 0 Å². The summed E-state index contributed by atoms with van der Waals surface area (Å²) in [4.78, 5) is 17.3. The molecule has 1 fully saturated rings. The van der Waals surface area contributed by atoms with Gasteiger partial charge >= 0.3 is 0 Å². The number of benzene rings is 2. The van der Waals surface area contributed by atoms with E-state index in [4.69, 9.17) is 15.9 Å². The van der Waals surface area contributed by atoms with Crippen molar-refractivity contribution in [3.8, 4) is 11.5 Å². The van der Waals surface area contributed by atoms with Crippen molar-refractivity contribution in [2.24, 2.45) is 5.92 Å². The molecule has 1 aliphatic carbocycles. The molecule has 2 aliphatic rings. The van der Waals surface area contributed by atoms with Gasteiger partial charge in [0, 0.05) is 42.7 Å². The van der Waals surface area contributed by atoms with Gasteiger partial charge < -0.3 is 30.8 Å². The van der Waals surface area contributed by atoms with Crippen molar-refractivity contribution in [3.05, 3.63) is 52.6 Å². The normalized spacial score (nSPS) is 15.9. The van der Waals surface area contributed by atoms with Crippen LogP contribution in [0.25, 0.3) is 0 Å². The Labute approximate surface area is 208 Å². The number of rotatable bonds is 9. The van der Waals surface area contributed by atoms with Crippen LogP contribution in [0.1, 0.15) is 72.5 Å². The Morgan fingerprint density at radius 1 is 1.14 bits per heavy atom. The van der Waals surface area contributed by atoms with E-state index >= 15 is 0 Å². The molecular formula is C28H38N4O3. The number of hydrogen-bond acceptors (Lipinski definition) is 6. The molecule has 0 unspecified atom stereocenters. The fourth-order valence-electron chi connectivity index (χ4n) is 5.08. The Bertz CT molecular complexity index is 1080. The highest BCUT2D eigenvalue weighted by atomic mass is 16.5. The molecule has 7 heteroatoms. The van der Waals surface area contributed by atoms with Crippen LogP contribution in [0.15, 0.2) is 30.3 Å². The number of likely N-dealkylation sites (N-methyl/N-ethyl adjacent to an activating group) is 1. The summed E-state index contributed by atoms with van der Waals surface area (Å²) in [5.41, 5.74) is 9.85. The average Bonchev–Trinajstić information content (AvgIpc) is 3.27. The number of phenols is 1. The first kappa shape index (κ1) is 25.0. The molecule has 0 atom stereocenters. The highest BCUT2D eigenvalue weighted by Crippen LogP contribution is 2.33. The van der Waals surface area contributed by atoms with E-state index in [1.54, 1.807) is 11.0 Å². The number of fused-ring (bicyclic) bond motifs is 1. The van der Waals surface area contributed by atoms with E-state index < -0.39 is 0 Å². The standard InChI is InChI=1S/C28H38N4O3/c1-3-31(2)11-12-35-22-10-9-20-17-32(18-21(20)14-22)28(34)24-15-23(26(30)16-27(24)33)25(29)13-19-7-5-4-6-8-19/h9-10,14-16,19,29,33H,3-8,11-13,17-18,30H2,1-2H3. The van der Waals surface area contributed by atoms with Gasteiger partial charge in [-0.05, 0) is 55.3 Å². The predicted molar refractivity (Wildman–Crippen MR) is 139 cm³/mol. The van der Waals surface area contributed by atoms with Gasteiger partial charge in [-0.15, -0.1) is 0 Å². The highest BCUT2D eigenvalue weighted by molar-refractivity contribution is 6.06. The summed E-state index contributed by atoms with van der Waals surface area (Å²) in [7, 11) is 2.06. The summed E-state index contributed by atoms with van der Waals surface area (Å²) in [5.74, 6) is 0.908. The maximum Gasteiger partial charge on any atom is 0.258 e. The van der Waals surface area contributed by atoms with E-state index in [1.165, 1.54) is 25.3 Å². The predicted octanol–water partition coefficient (Wildman–Crippen LogP) is 4.80. The van der Waals surface area contributed by atoms with Gasteiger partial charge in [0.1, 0.15) is 18.1 Å². The van der Waals surface area contributed by atoms with E-state index in [0.717, 1.165) is 42.8 Å². The topological polar surface area (TPSA) is 103 Å². The molecule has 2 aromatic rings. The molecule has 4 rings (SSSR count). The third-order valence-electron chi connectivity index (χ3n) is 7.41. The number of nitrogen functional groups attached to an aromatic ring is 1. The minimum Gasteiger partial charge on any atom is -0.507 e. The summed E-state index contributed by atoms with van der Waals surface area (Å²) in [6.07, 6.45) is 6.63. The molecule has 2 aromatic carbocycles. The molecule has 0 aromatic heterocycles. The Morgan fingerprint density at radius 2 is 1.89 bits per heavy atom. The van der Waals surface area contributed by atoms with Gasteiger partial charge in [-0.2, -0.15) is 0 Å². The lowest BCUT2D eigenvalue weighted by Gasteiger charge is -2.23. The van der Waals surface area contributed by atoms with Crippen LogP contribution >= 0.6 is 0 Å². The first-order chi connectivity index (χ1) is 16.9. The van der Waals surface area contributed by atoms with Crippen molar-refractivity contribution in [2.75, 3.05) is 32.5 Å². The summed E-state index contributed by atoms with van der Waals surface area (Å²) in [6, 6.07) is 8.99. The molecule has 35 heavy (non-hydrogen) atoms. The maximum absolute atomic E-state index is 13.4. The fraction of sp³-hybridized carbons (Fsp3) is 0.500. The Balaban J connectivity index is 1.44. The number of amides is 1. The summed E-state index contributed by atoms with van der Waals surface area (Å²) in [6.45, 7) is 5.49. The number of anilines is 1. The van der Waals surface area contributed by atoms with E-state index in [2.05, 4.69) is 18.9 Å². The van der Waals surface area contributed by atoms with Crippen LogP contribution in [0.4, 0.5) is 5.69 Å². The zero-order chi connectivity index (χ0) is 24.9. The third kappa shape index (κ3) is 5.96. The Kier molecular flexibility index (Phi) is 7.96. The number of nitrogens with two attached hydrogens (primary N) is 1. The van der Waals surface area contributed by atoms with Crippen LogP contribution in [-0.4, -0.2) is 53.3 Å². The number of ether oxygens (including phenoxy) is 1. The molecule has 4 N–H and O–H groups in total. The molecule has 0 saturated heterocycles. The molecule has 0 spiro atoms. The van der Waals surface area contributed by atoms with Gasteiger partial charge in [-0.25, -0.2) is 0 Å². The molecule has 1 saturated carbocycles. The average molecular weight is 479 g/mol. The van der Waals surface area contributed by atoms with Gasteiger partial charge in [0.05, 0.1) is 5.56 Å². The lowest BCUT2D eigenvalue weighted by molar-refractivity contribution is 0.0748. The number of nitrogens with one attached hydrogen (secondary N) is 1. The summed E-state index contributed by atoms with van der Waals surface area (Å²) in [5, 5.41) is 19.2. The second-order valence-electron chi connectivity index (χ2n) is 9.98. The fourth-order valence-corrected chi connectivity index (χ4v) is 5.08. The van der Waals surface area contributed by atoms with E-state index in [-0.39, 0.29) is 17.2 Å². The first-order valence-electron chi connectivity index (χ1n) is 12.8. The second-order valence-corrected chi connectivity index (χ2v) is 9.98. The quantitative estimate of drug-likeness (QED) is 0.355. The minimum absolute atomic E-state index is 0.137. The molecule has 0 radical (unpaired) electrons. The van der Waals surface area contributed by atoms with Crippen molar-refractivity contribution in [3.63, 3.8) is 0 Å². The number of phenolic OH excluding ortho intramolecular Hbond substituents is 1. The van der Waals surface area contributed by atoms with Crippen LogP contribution in [-0.2, 0) is 13.1 Å². The van der Waals surface area contributed by atoms with Crippen LogP contribution in [0, 0.1) is 11.3 Å². The molecular weight excluding hydrogens is 440 g/mol. The zero-order valence-electron chi connectivity index (χ0n) is 21.0. The number of carbonyl (C=O) groups is 1. The summed E-state index contributed by atoms with van der Waals surface area (Å²) < 4.78 is 5.90. The Morgan fingerprint density at radius 3 is 2.63 bits per heavy atom. The van der Waals surface area contributed by atoms with Crippen LogP contribution in [0.5, 0.6) is 11.5 Å². The molecule has 1 aliphatic heterocycles. The number of nitrogens with zero attached hydrogens (tertiary/aromatic N) is 2. The Hall–Kier alpha value is -3.06. The van der Waals surface area contributed by atoms with E-state index in [9.17, 15) is 9.90 Å². The lowest BCUT2D eigenvalue weighted by atomic mass is 9.84. The number of aromatic hydroxyl groups is 1. The highest BCUT2D eigenvalue weighted by Gasteiger charge is 2.28. The van der Waals surface area contributed by atoms with Crippen molar-refractivity contribution in [1.82, 2.24) is 9.80 Å². The molecule has 188 valence electrons. The van der Waals surface area contributed by atoms with Gasteiger partial charge in [-0.1, -0.05) is 45.1 Å². The third-order valence-corrected chi connectivity index (χ3v) is 7.41. The van der Waals surface area contributed by atoms with Gasteiger partial charge in [0.2, 0.25) is 0 Å². The van der Waals surface area contributed by atoms with Crippen molar-refractivity contribution in [1.29, 1.82) is 5.41 Å². The monoisotopic (exact) mass is 478 g/mol. The minimum atomic E-state index is -0.252. The largest absolute Gasteiger partial charge is 0.507 e. The van der Waals surface area contributed by atoms with Crippen LogP contribution in [0.2, 0.25) is 0 Å². The van der Waals surface area contributed by atoms with Crippen LogP contribution < -0.4 is 10.5 Å². The number of carbonyl (C=O) groups excluding carboxylic acids is 1.